The van der Waals surface area contributed by atoms with Gasteiger partial charge in [0.1, 0.15) is 0 Å². The van der Waals surface area contributed by atoms with Crippen molar-refractivity contribution in [2.45, 2.75) is 56.7 Å². The highest BCUT2D eigenvalue weighted by Gasteiger charge is 2.43. The monoisotopic (exact) mass is 296 g/mol. The molecule has 3 saturated heterocycles. The Balaban J connectivity index is 1.56. The summed E-state index contributed by atoms with van der Waals surface area (Å²) in [7, 11) is 0. The minimum absolute atomic E-state index is 0.127. The standard InChI is InChI=1S/C15H24N2O4/c18-14(8-11-9-21-4-3-16-11)17-12-1-2-13(17)6-10(5-12)7-15(19)20/h10-13,16H,1-9H2,(H,19,20). The van der Waals surface area contributed by atoms with Crippen LogP contribution in [0.2, 0.25) is 0 Å². The van der Waals surface area contributed by atoms with Gasteiger partial charge in [0.15, 0.2) is 0 Å². The topological polar surface area (TPSA) is 78.9 Å². The summed E-state index contributed by atoms with van der Waals surface area (Å²) in [6.45, 7) is 2.14. The lowest BCUT2D eigenvalue weighted by Crippen LogP contribution is -2.50. The van der Waals surface area contributed by atoms with Crippen LogP contribution in [0.1, 0.15) is 38.5 Å². The maximum absolute atomic E-state index is 12.6. The second-order valence-corrected chi connectivity index (χ2v) is 6.55. The van der Waals surface area contributed by atoms with Crippen molar-refractivity contribution in [1.82, 2.24) is 10.2 Å². The number of carbonyl (C=O) groups excluding carboxylic acids is 1. The number of hydrogen-bond donors (Lipinski definition) is 2. The lowest BCUT2D eigenvalue weighted by Gasteiger charge is -2.39. The molecule has 3 heterocycles. The number of nitrogens with one attached hydrogen (secondary N) is 1. The lowest BCUT2D eigenvalue weighted by molar-refractivity contribution is -0.140. The minimum Gasteiger partial charge on any atom is -0.481 e. The van der Waals surface area contributed by atoms with Gasteiger partial charge in [0.05, 0.1) is 13.2 Å². The van der Waals surface area contributed by atoms with Gasteiger partial charge in [0.25, 0.3) is 0 Å². The molecule has 3 unspecified atom stereocenters. The number of aliphatic carboxylic acids is 1. The highest BCUT2D eigenvalue weighted by atomic mass is 16.5. The van der Waals surface area contributed by atoms with Crippen molar-refractivity contribution >= 4 is 11.9 Å². The van der Waals surface area contributed by atoms with Crippen LogP contribution in [0.15, 0.2) is 0 Å². The Morgan fingerprint density at radius 1 is 1.19 bits per heavy atom. The maximum atomic E-state index is 12.6. The van der Waals surface area contributed by atoms with Crippen molar-refractivity contribution in [3.05, 3.63) is 0 Å². The molecular weight excluding hydrogens is 272 g/mol. The summed E-state index contributed by atoms with van der Waals surface area (Å²) < 4.78 is 5.40. The van der Waals surface area contributed by atoms with E-state index in [0.29, 0.717) is 13.0 Å². The molecule has 0 aliphatic carbocycles. The van der Waals surface area contributed by atoms with Gasteiger partial charge in [0.2, 0.25) is 5.91 Å². The number of carboxylic acids is 1. The Kier molecular flexibility index (Phi) is 4.45. The van der Waals surface area contributed by atoms with Crippen molar-refractivity contribution in [1.29, 1.82) is 0 Å². The van der Waals surface area contributed by atoms with Crippen LogP contribution in [0.5, 0.6) is 0 Å². The molecule has 0 aromatic carbocycles. The summed E-state index contributed by atoms with van der Waals surface area (Å²) in [5, 5.41) is 12.3. The summed E-state index contributed by atoms with van der Waals surface area (Å²) in [6, 6.07) is 0.637. The number of piperidine rings is 1. The SMILES string of the molecule is O=C(O)CC1CC2CCC(C1)N2C(=O)CC1COCCN1. The average molecular weight is 296 g/mol. The molecule has 3 rings (SSSR count). The number of ether oxygens (including phenoxy) is 1. The second-order valence-electron chi connectivity index (χ2n) is 6.55. The Bertz CT molecular complexity index is 394. The molecule has 0 aromatic heterocycles. The van der Waals surface area contributed by atoms with Gasteiger partial charge in [0, 0.05) is 37.5 Å². The summed E-state index contributed by atoms with van der Waals surface area (Å²) in [6.07, 6.45) is 4.50. The number of carboxylic acid groups (broad SMARTS) is 1. The molecule has 3 atom stereocenters. The van der Waals surface area contributed by atoms with Crippen molar-refractivity contribution in [2.75, 3.05) is 19.8 Å². The zero-order chi connectivity index (χ0) is 14.8. The van der Waals surface area contributed by atoms with Crippen LogP contribution in [0.3, 0.4) is 0 Å². The van der Waals surface area contributed by atoms with Gasteiger partial charge in [-0.05, 0) is 31.6 Å². The van der Waals surface area contributed by atoms with Crippen LogP contribution in [0, 0.1) is 5.92 Å². The number of fused-ring (bicyclic) bond motifs is 2. The lowest BCUT2D eigenvalue weighted by atomic mass is 9.88. The third kappa shape index (κ3) is 3.37. The van der Waals surface area contributed by atoms with Gasteiger partial charge in [-0.3, -0.25) is 9.59 Å². The zero-order valence-electron chi connectivity index (χ0n) is 12.3. The fourth-order valence-electron chi connectivity index (χ4n) is 4.18. The average Bonchev–Trinajstić information content (AvgIpc) is 2.71. The zero-order valence-corrected chi connectivity index (χ0v) is 12.3. The third-order valence-electron chi connectivity index (χ3n) is 5.00. The summed E-state index contributed by atoms with van der Waals surface area (Å²) in [5.41, 5.74) is 0. The molecular formula is C15H24N2O4. The number of rotatable bonds is 4. The molecule has 2 bridgehead atoms. The molecule has 3 aliphatic heterocycles. The molecule has 0 aromatic rings. The highest BCUT2D eigenvalue weighted by Crippen LogP contribution is 2.40. The smallest absolute Gasteiger partial charge is 0.303 e. The molecule has 118 valence electrons. The van der Waals surface area contributed by atoms with Crippen LogP contribution in [-0.4, -0.2) is 59.8 Å². The van der Waals surface area contributed by atoms with Crippen molar-refractivity contribution in [2.24, 2.45) is 5.92 Å². The Labute approximate surface area is 124 Å². The van der Waals surface area contributed by atoms with E-state index in [2.05, 4.69) is 10.2 Å². The quantitative estimate of drug-likeness (QED) is 0.794. The van der Waals surface area contributed by atoms with Crippen LogP contribution in [-0.2, 0) is 14.3 Å². The second kappa shape index (κ2) is 6.32. The molecule has 6 nitrogen and oxygen atoms in total. The maximum Gasteiger partial charge on any atom is 0.303 e. The van der Waals surface area contributed by atoms with Crippen LogP contribution in [0.4, 0.5) is 0 Å². The molecule has 6 heteroatoms. The summed E-state index contributed by atoms with van der Waals surface area (Å²) in [4.78, 5) is 25.5. The van der Waals surface area contributed by atoms with E-state index in [1.54, 1.807) is 0 Å². The van der Waals surface area contributed by atoms with Crippen molar-refractivity contribution in [3.63, 3.8) is 0 Å². The number of morpholine rings is 1. The molecule has 21 heavy (non-hydrogen) atoms. The van der Waals surface area contributed by atoms with Crippen molar-refractivity contribution in [3.8, 4) is 0 Å². The van der Waals surface area contributed by atoms with E-state index >= 15 is 0 Å². The molecule has 0 spiro atoms. The van der Waals surface area contributed by atoms with E-state index in [0.717, 1.165) is 38.8 Å². The van der Waals surface area contributed by atoms with E-state index in [-0.39, 0.29) is 36.4 Å². The normalized spacial score (nSPS) is 35.7. The third-order valence-corrected chi connectivity index (χ3v) is 5.00. The van der Waals surface area contributed by atoms with Gasteiger partial charge >= 0.3 is 5.97 Å². The number of nitrogens with zero attached hydrogens (tertiary/aromatic N) is 1. The van der Waals surface area contributed by atoms with Gasteiger partial charge in [-0.2, -0.15) is 0 Å². The molecule has 3 fully saturated rings. The van der Waals surface area contributed by atoms with Crippen LogP contribution < -0.4 is 5.32 Å². The van der Waals surface area contributed by atoms with E-state index < -0.39 is 5.97 Å². The molecule has 2 N–H and O–H groups in total. The van der Waals surface area contributed by atoms with Gasteiger partial charge in [-0.15, -0.1) is 0 Å². The van der Waals surface area contributed by atoms with Crippen LogP contribution >= 0.6 is 0 Å². The van der Waals surface area contributed by atoms with E-state index in [4.69, 9.17) is 9.84 Å². The predicted molar refractivity (Wildman–Crippen MR) is 75.9 cm³/mol. The Morgan fingerprint density at radius 3 is 2.48 bits per heavy atom. The molecule has 0 saturated carbocycles. The minimum atomic E-state index is -0.720. The molecule has 0 radical (unpaired) electrons. The number of hydrogen-bond acceptors (Lipinski definition) is 4. The molecule has 1 amide bonds. The summed E-state index contributed by atoms with van der Waals surface area (Å²) in [5.74, 6) is -0.276. The summed E-state index contributed by atoms with van der Waals surface area (Å²) >= 11 is 0. The fourth-order valence-corrected chi connectivity index (χ4v) is 4.18. The van der Waals surface area contributed by atoms with E-state index in [9.17, 15) is 9.59 Å². The number of amides is 1. The van der Waals surface area contributed by atoms with Gasteiger partial charge < -0.3 is 20.1 Å². The van der Waals surface area contributed by atoms with E-state index in [1.165, 1.54) is 0 Å². The predicted octanol–water partition coefficient (Wildman–Crippen LogP) is 0.609. The van der Waals surface area contributed by atoms with Gasteiger partial charge in [-0.1, -0.05) is 0 Å². The first-order chi connectivity index (χ1) is 10.1. The van der Waals surface area contributed by atoms with E-state index in [1.807, 2.05) is 0 Å². The Morgan fingerprint density at radius 2 is 1.90 bits per heavy atom. The van der Waals surface area contributed by atoms with Crippen molar-refractivity contribution < 1.29 is 19.4 Å². The Hall–Kier alpha value is -1.14. The first-order valence-corrected chi connectivity index (χ1v) is 7.97. The molecule has 3 aliphatic rings. The fraction of sp³-hybridized carbons (Fsp3) is 0.867. The largest absolute Gasteiger partial charge is 0.481 e. The first kappa shape index (κ1) is 14.8. The first-order valence-electron chi connectivity index (χ1n) is 7.97. The highest BCUT2D eigenvalue weighted by molar-refractivity contribution is 5.78. The van der Waals surface area contributed by atoms with Crippen LogP contribution in [0.25, 0.3) is 0 Å². The number of carbonyl (C=O) groups is 2. The van der Waals surface area contributed by atoms with Gasteiger partial charge in [-0.25, -0.2) is 0 Å².